The predicted molar refractivity (Wildman–Crippen MR) is 163 cm³/mol. The van der Waals surface area contributed by atoms with Gasteiger partial charge in [0.1, 0.15) is 18.5 Å². The molecule has 0 radical (unpaired) electrons. The van der Waals surface area contributed by atoms with Gasteiger partial charge in [0.25, 0.3) is 0 Å². The molecule has 41 heavy (non-hydrogen) atoms. The molecule has 212 valence electrons. The summed E-state index contributed by atoms with van der Waals surface area (Å²) in [5, 5.41) is 16.2. The smallest absolute Gasteiger partial charge is 0.166 e. The van der Waals surface area contributed by atoms with Gasteiger partial charge in [0.05, 0.1) is 10.5 Å². The molecule has 1 aliphatic rings. The number of β-amino-alcohol motifs (C(OH)–C–C–N with tert-alkyl or cyclic N) is 1. The van der Waals surface area contributed by atoms with Gasteiger partial charge < -0.3 is 15.2 Å². The van der Waals surface area contributed by atoms with Crippen molar-refractivity contribution in [2.75, 3.05) is 39.0 Å². The number of piperazine rings is 1. The highest BCUT2D eigenvalue weighted by Gasteiger charge is 2.51. The third kappa shape index (κ3) is 6.68. The largest absolute Gasteiger partial charge is 0.490 e. The van der Waals surface area contributed by atoms with Crippen LogP contribution < -0.4 is 10.1 Å². The molecule has 2 N–H and O–H groups in total. The molecule has 0 amide bonds. The van der Waals surface area contributed by atoms with Gasteiger partial charge in [-0.15, -0.1) is 11.8 Å². The van der Waals surface area contributed by atoms with Crippen LogP contribution >= 0.6 is 11.8 Å². The van der Waals surface area contributed by atoms with Crippen molar-refractivity contribution in [2.24, 2.45) is 0 Å². The van der Waals surface area contributed by atoms with Gasteiger partial charge in [-0.25, -0.2) is 4.98 Å². The molecular formula is C33H35N3O4S. The van der Waals surface area contributed by atoms with E-state index in [-0.39, 0.29) is 44.1 Å². The van der Waals surface area contributed by atoms with E-state index in [9.17, 15) is 14.7 Å². The number of carbonyl (C=O) groups excluding carboxylic acids is 2. The summed E-state index contributed by atoms with van der Waals surface area (Å²) in [4.78, 5) is 34.6. The number of aliphatic hydroxyl groups is 1. The third-order valence-corrected chi connectivity index (χ3v) is 8.20. The Bertz CT molecular complexity index is 1430. The van der Waals surface area contributed by atoms with Crippen molar-refractivity contribution >= 4 is 34.2 Å². The van der Waals surface area contributed by atoms with Crippen LogP contribution in [0, 0.1) is 0 Å². The molecule has 0 spiro atoms. The Hall–Kier alpha value is -3.56. The fourth-order valence-electron chi connectivity index (χ4n) is 5.43. The van der Waals surface area contributed by atoms with E-state index < -0.39 is 11.6 Å². The number of nitrogens with one attached hydrogen (secondary N) is 1. The zero-order valence-corrected chi connectivity index (χ0v) is 24.0. The van der Waals surface area contributed by atoms with E-state index in [0.29, 0.717) is 18.8 Å². The molecule has 1 saturated heterocycles. The molecule has 8 heteroatoms. The van der Waals surface area contributed by atoms with Crippen LogP contribution in [0.2, 0.25) is 0 Å². The third-order valence-electron chi connectivity index (χ3n) is 7.55. The zero-order valence-electron chi connectivity index (χ0n) is 23.2. The quantitative estimate of drug-likeness (QED) is 0.196. The second kappa shape index (κ2) is 13.4. The highest BCUT2D eigenvalue weighted by molar-refractivity contribution is 7.98. The van der Waals surface area contributed by atoms with Gasteiger partial charge in [-0.2, -0.15) is 0 Å². The van der Waals surface area contributed by atoms with Crippen molar-refractivity contribution in [1.29, 1.82) is 0 Å². The molecule has 1 unspecified atom stereocenters. The van der Waals surface area contributed by atoms with E-state index in [1.165, 1.54) is 0 Å². The zero-order chi connectivity index (χ0) is 28.7. The minimum absolute atomic E-state index is 0.0170. The predicted octanol–water partition coefficient (Wildman–Crippen LogP) is 3.96. The molecule has 1 fully saturated rings. The van der Waals surface area contributed by atoms with Crippen LogP contribution in [0.4, 0.5) is 0 Å². The van der Waals surface area contributed by atoms with Gasteiger partial charge in [-0.3, -0.25) is 14.5 Å². The highest BCUT2D eigenvalue weighted by atomic mass is 32.2. The van der Waals surface area contributed by atoms with Crippen molar-refractivity contribution in [1.82, 2.24) is 15.2 Å². The van der Waals surface area contributed by atoms with Gasteiger partial charge >= 0.3 is 0 Å². The molecule has 1 aliphatic heterocycles. The number of ether oxygens (including phenoxy) is 1. The number of pyridine rings is 1. The summed E-state index contributed by atoms with van der Waals surface area (Å²) in [6.45, 7) is 1.41. The fourth-order valence-corrected chi connectivity index (χ4v) is 5.83. The average Bonchev–Trinajstić information content (AvgIpc) is 3.01. The van der Waals surface area contributed by atoms with Crippen molar-refractivity contribution < 1.29 is 19.4 Å². The first kappa shape index (κ1) is 29.0. The van der Waals surface area contributed by atoms with Gasteiger partial charge in [0.2, 0.25) is 0 Å². The fraction of sp³-hybridized carbons (Fsp3) is 0.303. The lowest BCUT2D eigenvalue weighted by Gasteiger charge is -2.46. The summed E-state index contributed by atoms with van der Waals surface area (Å²) in [6.07, 6.45) is 1.33. The Balaban J connectivity index is 1.37. The van der Waals surface area contributed by atoms with Gasteiger partial charge in [0, 0.05) is 44.4 Å². The number of ketones is 2. The number of fused-ring (bicyclic) bond motifs is 1. The first-order valence-electron chi connectivity index (χ1n) is 13.8. The van der Waals surface area contributed by atoms with Crippen LogP contribution in [0.3, 0.4) is 0 Å². The van der Waals surface area contributed by atoms with Gasteiger partial charge in [-0.05, 0) is 41.6 Å². The first-order chi connectivity index (χ1) is 20.0. The number of Topliss-reactive ketones (excluding diaryl/α,β-unsaturated/α-hetero) is 2. The molecule has 1 atom stereocenters. The second-order valence-corrected chi connectivity index (χ2v) is 11.1. The summed E-state index contributed by atoms with van der Waals surface area (Å²) in [5.41, 5.74) is 1.13. The molecule has 2 heterocycles. The van der Waals surface area contributed by atoms with Crippen LogP contribution in [0.25, 0.3) is 10.9 Å². The van der Waals surface area contributed by atoms with Crippen molar-refractivity contribution in [2.45, 2.75) is 29.5 Å². The lowest BCUT2D eigenvalue weighted by Crippen LogP contribution is -2.71. The van der Waals surface area contributed by atoms with E-state index in [1.807, 2.05) is 102 Å². The Morgan fingerprint density at radius 3 is 2.24 bits per heavy atom. The monoisotopic (exact) mass is 569 g/mol. The lowest BCUT2D eigenvalue weighted by molar-refractivity contribution is -0.146. The lowest BCUT2D eigenvalue weighted by atomic mass is 9.79. The van der Waals surface area contributed by atoms with Gasteiger partial charge in [0.15, 0.2) is 17.1 Å². The molecule has 7 nitrogen and oxygen atoms in total. The van der Waals surface area contributed by atoms with Crippen molar-refractivity contribution in [3.05, 3.63) is 102 Å². The number of thioether (sulfide) groups is 1. The number of carbonyl (C=O) groups is 2. The van der Waals surface area contributed by atoms with E-state index in [2.05, 4.69) is 10.3 Å². The topological polar surface area (TPSA) is 91.8 Å². The van der Waals surface area contributed by atoms with Crippen LogP contribution in [-0.4, -0.2) is 77.2 Å². The first-order valence-corrected chi connectivity index (χ1v) is 15.1. The summed E-state index contributed by atoms with van der Waals surface area (Å²) >= 11 is 1.57. The molecule has 0 bridgehead atoms. The number of rotatable bonds is 12. The van der Waals surface area contributed by atoms with Gasteiger partial charge in [-0.1, -0.05) is 66.7 Å². The summed E-state index contributed by atoms with van der Waals surface area (Å²) in [7, 11) is 0. The number of nitrogens with zero attached hydrogens (tertiary/aromatic N) is 2. The molecular weight excluding hydrogens is 534 g/mol. The molecule has 3 aromatic carbocycles. The van der Waals surface area contributed by atoms with E-state index in [1.54, 1.807) is 11.8 Å². The number of benzene rings is 3. The minimum Gasteiger partial charge on any atom is -0.490 e. The normalized spacial score (nSPS) is 15.9. The Morgan fingerprint density at radius 1 is 0.951 bits per heavy atom. The molecule has 0 saturated carbocycles. The van der Waals surface area contributed by atoms with E-state index in [4.69, 9.17) is 4.74 Å². The Kier molecular flexibility index (Phi) is 9.46. The van der Waals surface area contributed by atoms with Crippen LogP contribution in [0.1, 0.15) is 11.1 Å². The maximum absolute atomic E-state index is 14.1. The number of hydrogen-bond acceptors (Lipinski definition) is 8. The second-order valence-electron chi connectivity index (χ2n) is 10.3. The minimum atomic E-state index is -1.40. The van der Waals surface area contributed by atoms with Crippen molar-refractivity contribution in [3.63, 3.8) is 0 Å². The van der Waals surface area contributed by atoms with E-state index >= 15 is 0 Å². The summed E-state index contributed by atoms with van der Waals surface area (Å²) in [6, 6.07) is 28.6. The standard InChI is InChI=1S/C33H35N3O4S/c1-41-32-16-15-27-28(35-32)13-8-14-29(27)40-22-26(37)21-36-18-17-34-23-33(36,30(38)19-24-9-4-2-5-10-24)31(39)20-25-11-6-3-7-12-25/h2-16,26,34,37H,17-23H2,1H3. The van der Waals surface area contributed by atoms with Crippen molar-refractivity contribution in [3.8, 4) is 5.75 Å². The van der Waals surface area contributed by atoms with Crippen LogP contribution in [0.5, 0.6) is 5.75 Å². The maximum atomic E-state index is 14.1. The summed E-state index contributed by atoms with van der Waals surface area (Å²) in [5.74, 6) is 0.290. The van der Waals surface area contributed by atoms with Crippen LogP contribution in [0.15, 0.2) is 96.0 Å². The number of aliphatic hydroxyl groups excluding tert-OH is 1. The molecule has 5 rings (SSSR count). The molecule has 0 aliphatic carbocycles. The Morgan fingerprint density at radius 2 is 1.61 bits per heavy atom. The number of hydrogen-bond donors (Lipinski definition) is 2. The van der Waals surface area contributed by atoms with Crippen LogP contribution in [-0.2, 0) is 22.4 Å². The van der Waals surface area contributed by atoms with E-state index in [0.717, 1.165) is 27.1 Å². The SMILES string of the molecule is CSc1ccc2c(OCC(O)CN3CCNCC3(C(=O)Cc3ccccc3)C(=O)Cc3ccccc3)cccc2n1. The highest BCUT2D eigenvalue weighted by Crippen LogP contribution is 2.28. The summed E-state index contributed by atoms with van der Waals surface area (Å²) < 4.78 is 6.07. The maximum Gasteiger partial charge on any atom is 0.166 e. The molecule has 4 aromatic rings. The number of aromatic nitrogens is 1. The Labute approximate surface area is 244 Å². The molecule has 1 aromatic heterocycles. The average molecular weight is 570 g/mol.